The first kappa shape index (κ1) is 33.0. The first-order valence-corrected chi connectivity index (χ1v) is 12.9. The maximum Gasteiger partial charge on any atom is 0.249 e. The van der Waals surface area contributed by atoms with Crippen molar-refractivity contribution in [2.75, 3.05) is 19.7 Å². The molecule has 2 heterocycles. The van der Waals surface area contributed by atoms with Gasteiger partial charge in [0.2, 0.25) is 5.91 Å². The number of ketones is 1. The van der Waals surface area contributed by atoms with Crippen molar-refractivity contribution < 1.29 is 64.3 Å². The standard InChI is InChI=1S/C22H41N5O13/c23-2-1-8(29)20(36)27-7-3-6(25)18(39-22-16(34)15(33)13(31)9(4-24)37-22)17(35)19(7)40-21-14(32)11(26)12(30)10(5-28)38-21/h6-11,13-19,21-22,28-29,31-35H,1-5,23-26H2,(H,27,36)/t6-,7+,8-,9+,10+,11-,13+,14+,15-,16+,17-,18+,19-,21+,22+/m0/s1. The highest BCUT2D eigenvalue weighted by atomic mass is 16.7. The summed E-state index contributed by atoms with van der Waals surface area (Å²) >= 11 is 0. The zero-order chi connectivity index (χ0) is 29.9. The van der Waals surface area contributed by atoms with Crippen LogP contribution < -0.4 is 28.3 Å². The van der Waals surface area contributed by atoms with Crippen LogP contribution in [-0.2, 0) is 28.5 Å². The van der Waals surface area contributed by atoms with Gasteiger partial charge in [-0.2, -0.15) is 0 Å². The van der Waals surface area contributed by atoms with Gasteiger partial charge >= 0.3 is 0 Å². The molecule has 0 aromatic heterocycles. The molecule has 18 heteroatoms. The van der Waals surface area contributed by atoms with Crippen LogP contribution in [0.5, 0.6) is 0 Å². The highest BCUT2D eigenvalue weighted by Gasteiger charge is 2.52. The van der Waals surface area contributed by atoms with E-state index < -0.39 is 110 Å². The van der Waals surface area contributed by atoms with E-state index in [1.807, 2.05) is 0 Å². The van der Waals surface area contributed by atoms with E-state index in [1.54, 1.807) is 0 Å². The number of carbonyl (C=O) groups excluding carboxylic acids is 2. The summed E-state index contributed by atoms with van der Waals surface area (Å²) in [4.78, 5) is 24.7. The maximum atomic E-state index is 12.6. The lowest BCUT2D eigenvalue weighted by Crippen LogP contribution is -2.69. The van der Waals surface area contributed by atoms with Gasteiger partial charge in [0.1, 0.15) is 61.0 Å². The summed E-state index contributed by atoms with van der Waals surface area (Å²) in [6, 6.07) is -3.69. The first-order valence-electron chi connectivity index (χ1n) is 12.9. The minimum atomic E-state index is -1.77. The van der Waals surface area contributed by atoms with Crippen molar-refractivity contribution in [3.05, 3.63) is 0 Å². The van der Waals surface area contributed by atoms with Gasteiger partial charge in [0.15, 0.2) is 18.4 Å². The molecule has 1 aliphatic carbocycles. The number of rotatable bonds is 10. The molecule has 16 N–H and O–H groups in total. The molecule has 18 nitrogen and oxygen atoms in total. The van der Waals surface area contributed by atoms with Crippen LogP contribution in [0.3, 0.4) is 0 Å². The van der Waals surface area contributed by atoms with Crippen LogP contribution in [0.2, 0.25) is 0 Å². The van der Waals surface area contributed by atoms with Crippen molar-refractivity contribution in [1.82, 2.24) is 5.32 Å². The Hall–Kier alpha value is -1.46. The van der Waals surface area contributed by atoms with Crippen LogP contribution in [0.1, 0.15) is 12.8 Å². The fraction of sp³-hybridized carbons (Fsp3) is 0.909. The quantitative estimate of drug-likeness (QED) is 0.113. The van der Waals surface area contributed by atoms with Crippen molar-refractivity contribution in [2.24, 2.45) is 22.9 Å². The Bertz CT molecular complexity index is 854. The third-order valence-corrected chi connectivity index (χ3v) is 7.33. The second-order valence-corrected chi connectivity index (χ2v) is 10.1. The number of hydrogen-bond donors (Lipinski definition) is 12. The van der Waals surface area contributed by atoms with Crippen LogP contribution in [0.25, 0.3) is 0 Å². The maximum absolute atomic E-state index is 12.6. The number of carbonyl (C=O) groups is 2. The molecule has 3 fully saturated rings. The van der Waals surface area contributed by atoms with Gasteiger partial charge in [-0.1, -0.05) is 0 Å². The van der Waals surface area contributed by atoms with Crippen molar-refractivity contribution >= 4 is 11.7 Å². The monoisotopic (exact) mass is 583 g/mol. The molecule has 0 spiro atoms. The molecule has 0 unspecified atom stereocenters. The number of hydrogen-bond acceptors (Lipinski definition) is 17. The minimum Gasteiger partial charge on any atom is -0.393 e. The van der Waals surface area contributed by atoms with E-state index in [9.17, 15) is 45.3 Å². The second-order valence-electron chi connectivity index (χ2n) is 10.1. The summed E-state index contributed by atoms with van der Waals surface area (Å²) < 4.78 is 22.3. The number of nitrogens with one attached hydrogen (secondary N) is 1. The predicted octanol–water partition coefficient (Wildman–Crippen LogP) is -8.22. The van der Waals surface area contributed by atoms with Crippen molar-refractivity contribution in [3.63, 3.8) is 0 Å². The van der Waals surface area contributed by atoms with E-state index in [2.05, 4.69) is 5.32 Å². The molecule has 0 aromatic carbocycles. The number of aliphatic hydroxyl groups is 7. The largest absolute Gasteiger partial charge is 0.393 e. The summed E-state index contributed by atoms with van der Waals surface area (Å²) in [6.45, 7) is -1.01. The van der Waals surface area contributed by atoms with Gasteiger partial charge in [-0.3, -0.25) is 9.59 Å². The van der Waals surface area contributed by atoms with Crippen LogP contribution >= 0.6 is 0 Å². The zero-order valence-electron chi connectivity index (χ0n) is 21.6. The Morgan fingerprint density at radius 3 is 2.17 bits per heavy atom. The molecule has 3 aliphatic rings. The van der Waals surface area contributed by atoms with Crippen molar-refractivity contribution in [3.8, 4) is 0 Å². The van der Waals surface area contributed by atoms with E-state index >= 15 is 0 Å². The molecule has 232 valence electrons. The lowest BCUT2D eigenvalue weighted by molar-refractivity contribution is -0.327. The Morgan fingerprint density at radius 1 is 0.950 bits per heavy atom. The molecule has 0 radical (unpaired) electrons. The van der Waals surface area contributed by atoms with Gasteiger partial charge in [0.25, 0.3) is 0 Å². The van der Waals surface area contributed by atoms with Crippen molar-refractivity contribution in [1.29, 1.82) is 0 Å². The Labute approximate surface area is 229 Å². The van der Waals surface area contributed by atoms with Gasteiger partial charge in [-0.05, 0) is 19.4 Å². The lowest BCUT2D eigenvalue weighted by atomic mass is 9.83. The molecular weight excluding hydrogens is 542 g/mol. The summed E-state index contributed by atoms with van der Waals surface area (Å²) in [6.07, 6.45) is -18.9. The molecule has 0 bridgehead atoms. The van der Waals surface area contributed by atoms with E-state index in [1.165, 1.54) is 0 Å². The molecule has 2 aliphatic heterocycles. The molecule has 2 saturated heterocycles. The van der Waals surface area contributed by atoms with E-state index in [0.717, 1.165) is 0 Å². The molecule has 15 atom stereocenters. The fourth-order valence-electron chi connectivity index (χ4n) is 4.95. The Morgan fingerprint density at radius 2 is 1.57 bits per heavy atom. The number of nitrogens with two attached hydrogens (primary N) is 4. The summed E-state index contributed by atoms with van der Waals surface area (Å²) in [5, 5.41) is 74.5. The molecule has 1 amide bonds. The second kappa shape index (κ2) is 14.1. The molecular formula is C22H41N5O13. The van der Waals surface area contributed by atoms with Gasteiger partial charge in [0, 0.05) is 12.6 Å². The average molecular weight is 584 g/mol. The van der Waals surface area contributed by atoms with Crippen LogP contribution in [0.4, 0.5) is 0 Å². The highest BCUT2D eigenvalue weighted by molar-refractivity contribution is 5.89. The van der Waals surface area contributed by atoms with E-state index in [-0.39, 0.29) is 25.9 Å². The first-order chi connectivity index (χ1) is 18.9. The number of amides is 1. The highest BCUT2D eigenvalue weighted by Crippen LogP contribution is 2.31. The predicted molar refractivity (Wildman–Crippen MR) is 130 cm³/mol. The normalized spacial score (nSPS) is 45.2. The molecule has 0 aromatic rings. The average Bonchev–Trinajstić information content (AvgIpc) is 2.92. The third kappa shape index (κ3) is 6.94. The smallest absolute Gasteiger partial charge is 0.249 e. The van der Waals surface area contributed by atoms with Gasteiger partial charge in [-0.25, -0.2) is 0 Å². The SMILES string of the molecule is NCC[C@H](O)C(=O)N[C@@H]1C[C@H](N)[C@@H](O[C@H]2O[C@H](CN)[C@@H](O)[C@H](O)[C@H]2O)[C@H](O)[C@H]1O[C@H]1O[C@H](CO)C(=O)[C@H](N)[C@H]1O. The molecule has 3 rings (SSSR count). The lowest BCUT2D eigenvalue weighted by Gasteiger charge is -2.48. The Kier molecular flexibility index (Phi) is 11.7. The van der Waals surface area contributed by atoms with Crippen molar-refractivity contribution in [2.45, 2.75) is 105 Å². The Balaban J connectivity index is 1.85. The van der Waals surface area contributed by atoms with Gasteiger partial charge in [-0.15, -0.1) is 0 Å². The summed E-state index contributed by atoms with van der Waals surface area (Å²) in [5.41, 5.74) is 23.0. The van der Waals surface area contributed by atoms with Gasteiger partial charge < -0.3 is 82.9 Å². The van der Waals surface area contributed by atoms with Crippen LogP contribution in [-0.4, -0.2) is 159 Å². The number of aliphatic hydroxyl groups excluding tert-OH is 7. The summed E-state index contributed by atoms with van der Waals surface area (Å²) in [7, 11) is 0. The van der Waals surface area contributed by atoms with Crippen LogP contribution in [0.15, 0.2) is 0 Å². The van der Waals surface area contributed by atoms with E-state index in [0.29, 0.717) is 0 Å². The number of ether oxygens (including phenoxy) is 4. The fourth-order valence-corrected chi connectivity index (χ4v) is 4.95. The minimum absolute atomic E-state index is 0.00185. The third-order valence-electron chi connectivity index (χ3n) is 7.33. The number of Topliss-reactive ketones (excluding diaryl/α,β-unsaturated/α-hetero) is 1. The van der Waals surface area contributed by atoms with Crippen LogP contribution in [0, 0.1) is 0 Å². The topological polar surface area (TPSA) is 329 Å². The zero-order valence-corrected chi connectivity index (χ0v) is 21.6. The molecule has 40 heavy (non-hydrogen) atoms. The van der Waals surface area contributed by atoms with E-state index in [4.69, 9.17) is 41.9 Å². The van der Waals surface area contributed by atoms with Gasteiger partial charge in [0.05, 0.1) is 18.7 Å². The summed E-state index contributed by atoms with van der Waals surface area (Å²) in [5.74, 6) is -1.64. The molecule has 1 saturated carbocycles.